The minimum Gasteiger partial charge on any atom is -0.465 e. The van der Waals surface area contributed by atoms with Crippen molar-refractivity contribution < 1.29 is 9.90 Å². The van der Waals surface area contributed by atoms with Crippen molar-refractivity contribution in [2.24, 2.45) is 0 Å². The first-order chi connectivity index (χ1) is 8.20. The van der Waals surface area contributed by atoms with Crippen molar-refractivity contribution in [3.8, 4) is 0 Å². The van der Waals surface area contributed by atoms with Crippen molar-refractivity contribution in [1.29, 1.82) is 0 Å². The van der Waals surface area contributed by atoms with Gasteiger partial charge in [0, 0.05) is 19.3 Å². The van der Waals surface area contributed by atoms with Crippen LogP contribution in [0.3, 0.4) is 0 Å². The maximum absolute atomic E-state index is 10.8. The zero-order valence-electron chi connectivity index (χ0n) is 9.59. The van der Waals surface area contributed by atoms with E-state index in [2.05, 4.69) is 4.98 Å². The molecule has 1 aromatic heterocycles. The van der Waals surface area contributed by atoms with Crippen molar-refractivity contribution in [2.75, 3.05) is 19.3 Å². The molecule has 0 spiro atoms. The van der Waals surface area contributed by atoms with Gasteiger partial charge in [-0.05, 0) is 29.9 Å². The molecule has 1 N–H and O–H groups in total. The SMILES string of the molecule is CSc1ccc(C2=CCN(C(=O)O)CC2)cn1. The van der Waals surface area contributed by atoms with Crippen molar-refractivity contribution >= 4 is 23.4 Å². The first-order valence-corrected chi connectivity index (χ1v) is 6.60. The molecule has 17 heavy (non-hydrogen) atoms. The highest BCUT2D eigenvalue weighted by Crippen LogP contribution is 2.23. The van der Waals surface area contributed by atoms with Crippen LogP contribution >= 0.6 is 11.8 Å². The van der Waals surface area contributed by atoms with Gasteiger partial charge in [0.15, 0.2) is 0 Å². The average Bonchev–Trinajstić information content (AvgIpc) is 2.39. The molecule has 0 saturated carbocycles. The fraction of sp³-hybridized carbons (Fsp3) is 0.333. The second-order valence-corrected chi connectivity index (χ2v) is 4.62. The van der Waals surface area contributed by atoms with Crippen LogP contribution in [0.25, 0.3) is 5.57 Å². The van der Waals surface area contributed by atoms with E-state index in [0.717, 1.165) is 17.0 Å². The van der Waals surface area contributed by atoms with Crippen LogP contribution in [-0.2, 0) is 0 Å². The van der Waals surface area contributed by atoms with Crippen molar-refractivity contribution in [3.63, 3.8) is 0 Å². The van der Waals surface area contributed by atoms with Crippen molar-refractivity contribution in [2.45, 2.75) is 11.4 Å². The molecular weight excluding hydrogens is 236 g/mol. The van der Waals surface area contributed by atoms with Crippen LogP contribution in [-0.4, -0.2) is 40.4 Å². The number of rotatable bonds is 2. The third-order valence-electron chi connectivity index (χ3n) is 2.80. The molecule has 2 heterocycles. The molecule has 0 unspecified atom stereocenters. The monoisotopic (exact) mass is 250 g/mol. The number of nitrogens with zero attached hydrogens (tertiary/aromatic N) is 2. The summed E-state index contributed by atoms with van der Waals surface area (Å²) in [6.07, 6.45) is 5.72. The van der Waals surface area contributed by atoms with E-state index >= 15 is 0 Å². The molecule has 0 bridgehead atoms. The van der Waals surface area contributed by atoms with Gasteiger partial charge in [-0.3, -0.25) is 0 Å². The van der Waals surface area contributed by atoms with Gasteiger partial charge in [-0.15, -0.1) is 11.8 Å². The zero-order chi connectivity index (χ0) is 12.3. The Labute approximate surface area is 104 Å². The maximum Gasteiger partial charge on any atom is 0.407 e. The highest BCUT2D eigenvalue weighted by atomic mass is 32.2. The second-order valence-electron chi connectivity index (χ2n) is 3.80. The quantitative estimate of drug-likeness (QED) is 0.820. The van der Waals surface area contributed by atoms with Gasteiger partial charge >= 0.3 is 6.09 Å². The molecule has 0 fully saturated rings. The molecule has 1 amide bonds. The predicted octanol–water partition coefficient (Wildman–Crippen LogP) is 2.57. The number of thioether (sulfide) groups is 1. The van der Waals surface area contributed by atoms with E-state index in [1.807, 2.05) is 30.7 Å². The largest absolute Gasteiger partial charge is 0.465 e. The van der Waals surface area contributed by atoms with Gasteiger partial charge in [0.1, 0.15) is 0 Å². The van der Waals surface area contributed by atoms with Gasteiger partial charge < -0.3 is 10.0 Å². The molecule has 0 atom stereocenters. The number of hydrogen-bond donors (Lipinski definition) is 1. The smallest absolute Gasteiger partial charge is 0.407 e. The predicted molar refractivity (Wildman–Crippen MR) is 68.2 cm³/mol. The number of hydrogen-bond acceptors (Lipinski definition) is 3. The first-order valence-electron chi connectivity index (χ1n) is 5.38. The lowest BCUT2D eigenvalue weighted by molar-refractivity contribution is 0.150. The van der Waals surface area contributed by atoms with Crippen molar-refractivity contribution in [3.05, 3.63) is 30.0 Å². The van der Waals surface area contributed by atoms with Gasteiger partial charge in [0.05, 0.1) is 5.03 Å². The number of amides is 1. The molecule has 4 nitrogen and oxygen atoms in total. The number of carboxylic acid groups (broad SMARTS) is 1. The van der Waals surface area contributed by atoms with E-state index < -0.39 is 6.09 Å². The van der Waals surface area contributed by atoms with Gasteiger partial charge in [-0.2, -0.15) is 0 Å². The minimum atomic E-state index is -0.851. The van der Waals surface area contributed by atoms with E-state index in [4.69, 9.17) is 5.11 Å². The summed E-state index contributed by atoms with van der Waals surface area (Å²) in [4.78, 5) is 16.5. The summed E-state index contributed by atoms with van der Waals surface area (Å²) in [7, 11) is 0. The molecule has 0 aliphatic carbocycles. The first kappa shape index (κ1) is 12.0. The van der Waals surface area contributed by atoms with E-state index in [1.165, 1.54) is 10.5 Å². The highest BCUT2D eigenvalue weighted by molar-refractivity contribution is 7.98. The van der Waals surface area contributed by atoms with Crippen LogP contribution in [0, 0.1) is 0 Å². The summed E-state index contributed by atoms with van der Waals surface area (Å²) in [6.45, 7) is 1.03. The molecule has 0 saturated heterocycles. The van der Waals surface area contributed by atoms with Gasteiger partial charge in [-0.25, -0.2) is 9.78 Å². The molecule has 0 aromatic carbocycles. The lowest BCUT2D eigenvalue weighted by atomic mass is 10.0. The average molecular weight is 250 g/mol. The van der Waals surface area contributed by atoms with Gasteiger partial charge in [0.25, 0.3) is 0 Å². The highest BCUT2D eigenvalue weighted by Gasteiger charge is 2.16. The Morgan fingerprint density at radius 2 is 2.35 bits per heavy atom. The van der Waals surface area contributed by atoms with Crippen LogP contribution in [0.15, 0.2) is 29.4 Å². The van der Waals surface area contributed by atoms with E-state index in [9.17, 15) is 4.79 Å². The molecule has 1 aliphatic heterocycles. The molecule has 2 rings (SSSR count). The van der Waals surface area contributed by atoms with E-state index in [0.29, 0.717) is 13.1 Å². The fourth-order valence-electron chi connectivity index (χ4n) is 1.80. The summed E-state index contributed by atoms with van der Waals surface area (Å²) in [5, 5.41) is 9.84. The molecule has 90 valence electrons. The summed E-state index contributed by atoms with van der Waals surface area (Å²) in [5.41, 5.74) is 2.27. The molecule has 1 aliphatic rings. The Morgan fingerprint density at radius 3 is 2.82 bits per heavy atom. The third kappa shape index (κ3) is 2.79. The lowest BCUT2D eigenvalue weighted by Crippen LogP contribution is -2.33. The topological polar surface area (TPSA) is 53.4 Å². The molecule has 0 radical (unpaired) electrons. The number of pyridine rings is 1. The Bertz CT molecular complexity index is 442. The maximum atomic E-state index is 10.8. The molecular formula is C12H14N2O2S. The molecule has 5 heteroatoms. The summed E-state index contributed by atoms with van der Waals surface area (Å²) < 4.78 is 0. The van der Waals surface area contributed by atoms with Gasteiger partial charge in [0.2, 0.25) is 0 Å². The Balaban J connectivity index is 2.10. The van der Waals surface area contributed by atoms with Crippen LogP contribution in [0.2, 0.25) is 0 Å². The summed E-state index contributed by atoms with van der Waals surface area (Å²) in [6, 6.07) is 4.03. The summed E-state index contributed by atoms with van der Waals surface area (Å²) in [5.74, 6) is 0. The minimum absolute atomic E-state index is 0.467. The fourth-order valence-corrected chi connectivity index (χ4v) is 2.16. The normalized spacial score (nSPS) is 15.6. The van der Waals surface area contributed by atoms with E-state index in [-0.39, 0.29) is 0 Å². The van der Waals surface area contributed by atoms with Crippen molar-refractivity contribution in [1.82, 2.24) is 9.88 Å². The number of aromatic nitrogens is 1. The number of carbonyl (C=O) groups is 1. The Morgan fingerprint density at radius 1 is 1.53 bits per heavy atom. The standard InChI is InChI=1S/C12H14N2O2S/c1-17-11-3-2-10(8-13-11)9-4-6-14(7-5-9)12(15)16/h2-4,8H,5-7H2,1H3,(H,15,16). The Kier molecular flexibility index (Phi) is 3.68. The third-order valence-corrected chi connectivity index (χ3v) is 3.46. The van der Waals surface area contributed by atoms with Crippen LogP contribution in [0.5, 0.6) is 0 Å². The van der Waals surface area contributed by atoms with E-state index in [1.54, 1.807) is 11.8 Å². The van der Waals surface area contributed by atoms with Crippen LogP contribution < -0.4 is 0 Å². The second kappa shape index (κ2) is 5.23. The summed E-state index contributed by atoms with van der Waals surface area (Å²) >= 11 is 1.61. The lowest BCUT2D eigenvalue weighted by Gasteiger charge is -2.23. The van der Waals surface area contributed by atoms with Crippen LogP contribution in [0.1, 0.15) is 12.0 Å². The Hall–Kier alpha value is -1.49. The van der Waals surface area contributed by atoms with Gasteiger partial charge in [-0.1, -0.05) is 12.1 Å². The zero-order valence-corrected chi connectivity index (χ0v) is 10.4. The van der Waals surface area contributed by atoms with Crippen LogP contribution in [0.4, 0.5) is 4.79 Å². The molecule has 1 aromatic rings.